The predicted molar refractivity (Wildman–Crippen MR) is 102 cm³/mol. The van der Waals surface area contributed by atoms with Crippen LogP contribution >= 0.6 is 0 Å². The molecule has 0 bridgehead atoms. The highest BCUT2D eigenvalue weighted by Gasteiger charge is 2.07. The largest absolute Gasteiger partial charge is 0.328 e. The monoisotopic (exact) mass is 339 g/mol. The number of nitrogens with zero attached hydrogens (tertiary/aromatic N) is 3. The normalized spacial score (nSPS) is 11.6. The Labute approximate surface area is 151 Å². The first-order chi connectivity index (χ1) is 12.8. The molecule has 26 heavy (non-hydrogen) atoms. The lowest BCUT2D eigenvalue weighted by Crippen LogP contribution is -2.22. The van der Waals surface area contributed by atoms with Crippen molar-refractivity contribution in [2.45, 2.75) is 6.54 Å². The van der Waals surface area contributed by atoms with Crippen LogP contribution in [0.15, 0.2) is 96.1 Å². The third-order valence-corrected chi connectivity index (χ3v) is 4.15. The van der Waals surface area contributed by atoms with Crippen LogP contribution in [0.1, 0.15) is 16.1 Å². The second-order valence-corrected chi connectivity index (χ2v) is 5.98. The number of benzene rings is 2. The van der Waals surface area contributed by atoms with Gasteiger partial charge in [-0.05, 0) is 29.8 Å². The van der Waals surface area contributed by atoms with Crippen LogP contribution in [-0.4, -0.2) is 15.5 Å². The molecule has 0 unspecified atom stereocenters. The van der Waals surface area contributed by atoms with E-state index in [9.17, 15) is 4.79 Å². The van der Waals surface area contributed by atoms with Crippen molar-refractivity contribution in [1.82, 2.24) is 9.55 Å². The zero-order valence-electron chi connectivity index (χ0n) is 14.1. The second-order valence-electron chi connectivity index (χ2n) is 5.98. The summed E-state index contributed by atoms with van der Waals surface area (Å²) in [6.07, 6.45) is 1.92. The van der Waals surface area contributed by atoms with Crippen LogP contribution < -0.4 is 5.49 Å². The summed E-state index contributed by atoms with van der Waals surface area (Å²) in [6.45, 7) is 0.652. The summed E-state index contributed by atoms with van der Waals surface area (Å²) in [5.74, 6) is -0.344. The first kappa shape index (κ1) is 16.0. The topological polar surface area (TPSA) is 47.2 Å². The van der Waals surface area contributed by atoms with Gasteiger partial charge in [0, 0.05) is 18.1 Å². The number of rotatable bonds is 3. The number of carbonyl (C=O) groups excluding carboxylic acids is 1. The third-order valence-electron chi connectivity index (χ3n) is 4.15. The quantitative estimate of drug-likeness (QED) is 0.569. The van der Waals surface area contributed by atoms with E-state index in [4.69, 9.17) is 0 Å². The Balaban J connectivity index is 1.70. The Morgan fingerprint density at radius 3 is 2.50 bits per heavy atom. The van der Waals surface area contributed by atoms with E-state index in [1.807, 2.05) is 77.5 Å². The summed E-state index contributed by atoms with van der Waals surface area (Å²) in [5.41, 5.74) is 2.89. The Morgan fingerprint density at radius 2 is 1.62 bits per heavy atom. The van der Waals surface area contributed by atoms with Crippen molar-refractivity contribution >= 4 is 16.8 Å². The molecule has 126 valence electrons. The number of aromatic nitrogens is 2. The molecule has 0 aliphatic heterocycles. The highest BCUT2D eigenvalue weighted by molar-refractivity contribution is 5.95. The maximum Gasteiger partial charge on any atom is 0.297 e. The lowest BCUT2D eigenvalue weighted by atomic mass is 10.2. The average molecular weight is 339 g/mol. The molecule has 0 spiro atoms. The highest BCUT2D eigenvalue weighted by atomic mass is 16.1. The van der Waals surface area contributed by atoms with Gasteiger partial charge in [-0.3, -0.25) is 4.79 Å². The number of hydrogen-bond donors (Lipinski definition) is 0. The van der Waals surface area contributed by atoms with Crippen LogP contribution in [0, 0.1) is 0 Å². The van der Waals surface area contributed by atoms with Crippen molar-refractivity contribution in [2.24, 2.45) is 4.99 Å². The maximum absolute atomic E-state index is 12.6. The van der Waals surface area contributed by atoms with Crippen molar-refractivity contribution in [3.05, 3.63) is 108 Å². The van der Waals surface area contributed by atoms with Crippen LogP contribution in [0.25, 0.3) is 10.9 Å². The zero-order valence-corrected chi connectivity index (χ0v) is 14.1. The first-order valence-electron chi connectivity index (χ1n) is 8.44. The Kier molecular flexibility index (Phi) is 4.39. The van der Waals surface area contributed by atoms with E-state index in [1.54, 1.807) is 6.07 Å². The number of carbonyl (C=O) groups is 1. The fraction of sp³-hybridized carbons (Fsp3) is 0.0455. The van der Waals surface area contributed by atoms with E-state index >= 15 is 0 Å². The van der Waals surface area contributed by atoms with Gasteiger partial charge in [0.15, 0.2) is 0 Å². The molecular weight excluding hydrogens is 322 g/mol. The van der Waals surface area contributed by atoms with Crippen molar-refractivity contribution < 1.29 is 4.79 Å². The fourth-order valence-corrected chi connectivity index (χ4v) is 2.83. The Hall–Kier alpha value is -3.53. The van der Waals surface area contributed by atoms with Gasteiger partial charge < -0.3 is 4.57 Å². The molecule has 2 aromatic carbocycles. The Bertz CT molecular complexity index is 1130. The SMILES string of the molecule is O=C(N=c1ccccn1Cc1ccccc1)c1ccc2ccccc2n1. The molecule has 4 rings (SSSR count). The summed E-state index contributed by atoms with van der Waals surface area (Å²) in [4.78, 5) is 21.3. The molecule has 0 atom stereocenters. The molecule has 0 N–H and O–H groups in total. The maximum atomic E-state index is 12.6. The summed E-state index contributed by atoms with van der Waals surface area (Å²) < 4.78 is 1.95. The smallest absolute Gasteiger partial charge is 0.297 e. The molecule has 0 saturated carbocycles. The number of amides is 1. The average Bonchev–Trinajstić information content (AvgIpc) is 2.70. The summed E-state index contributed by atoms with van der Waals surface area (Å²) >= 11 is 0. The predicted octanol–water partition coefficient (Wildman–Crippen LogP) is 3.83. The van der Waals surface area contributed by atoms with Gasteiger partial charge in [-0.25, -0.2) is 4.98 Å². The fourth-order valence-electron chi connectivity index (χ4n) is 2.83. The highest BCUT2D eigenvalue weighted by Crippen LogP contribution is 2.12. The molecule has 0 aliphatic carbocycles. The van der Waals surface area contributed by atoms with E-state index in [2.05, 4.69) is 22.1 Å². The molecule has 0 fully saturated rings. The lowest BCUT2D eigenvalue weighted by Gasteiger charge is -2.07. The van der Waals surface area contributed by atoms with Crippen molar-refractivity contribution in [1.29, 1.82) is 0 Å². The van der Waals surface area contributed by atoms with Crippen LogP contribution in [-0.2, 0) is 6.54 Å². The molecule has 4 aromatic rings. The molecule has 2 heterocycles. The molecule has 4 nitrogen and oxygen atoms in total. The second kappa shape index (κ2) is 7.15. The van der Waals surface area contributed by atoms with Crippen molar-refractivity contribution in [3.8, 4) is 0 Å². The van der Waals surface area contributed by atoms with Crippen molar-refractivity contribution in [2.75, 3.05) is 0 Å². The van der Waals surface area contributed by atoms with E-state index in [1.165, 1.54) is 0 Å². The lowest BCUT2D eigenvalue weighted by molar-refractivity contribution is 0.0992. The van der Waals surface area contributed by atoms with Gasteiger partial charge >= 0.3 is 0 Å². The number of pyridine rings is 2. The minimum atomic E-state index is -0.344. The minimum Gasteiger partial charge on any atom is -0.328 e. The van der Waals surface area contributed by atoms with E-state index in [0.717, 1.165) is 16.5 Å². The number of para-hydroxylation sites is 1. The molecule has 1 amide bonds. The van der Waals surface area contributed by atoms with Crippen LogP contribution in [0.4, 0.5) is 0 Å². The first-order valence-corrected chi connectivity index (χ1v) is 8.44. The summed E-state index contributed by atoms with van der Waals surface area (Å²) in [5, 5.41) is 1.00. The molecular formula is C22H17N3O. The van der Waals surface area contributed by atoms with Crippen LogP contribution in [0.5, 0.6) is 0 Å². The third kappa shape index (κ3) is 3.44. The van der Waals surface area contributed by atoms with Crippen LogP contribution in [0.3, 0.4) is 0 Å². The van der Waals surface area contributed by atoms with Gasteiger partial charge in [-0.15, -0.1) is 0 Å². The van der Waals surface area contributed by atoms with E-state index in [-0.39, 0.29) is 5.91 Å². The van der Waals surface area contributed by atoms with Crippen LogP contribution in [0.2, 0.25) is 0 Å². The summed E-state index contributed by atoms with van der Waals surface area (Å²) in [7, 11) is 0. The molecule has 4 heteroatoms. The van der Waals surface area contributed by atoms with Gasteiger partial charge in [0.25, 0.3) is 5.91 Å². The van der Waals surface area contributed by atoms with Gasteiger partial charge in [0.2, 0.25) is 0 Å². The molecule has 0 aliphatic rings. The molecule has 0 radical (unpaired) electrons. The number of hydrogen-bond acceptors (Lipinski definition) is 2. The molecule has 0 saturated heterocycles. The standard InChI is InChI=1S/C22H17N3O/c26-22(20-14-13-18-10-4-5-11-19(18)23-20)24-21-12-6-7-15-25(21)16-17-8-2-1-3-9-17/h1-15H,16H2. The van der Waals surface area contributed by atoms with Gasteiger partial charge in [0.1, 0.15) is 11.2 Å². The zero-order chi connectivity index (χ0) is 17.8. The van der Waals surface area contributed by atoms with Crippen molar-refractivity contribution in [3.63, 3.8) is 0 Å². The van der Waals surface area contributed by atoms with Gasteiger partial charge in [0.05, 0.1) is 5.52 Å². The Morgan fingerprint density at radius 1 is 0.846 bits per heavy atom. The number of fused-ring (bicyclic) bond motifs is 1. The molecule has 2 aromatic heterocycles. The van der Waals surface area contributed by atoms with Gasteiger partial charge in [-0.2, -0.15) is 4.99 Å². The van der Waals surface area contributed by atoms with E-state index < -0.39 is 0 Å². The van der Waals surface area contributed by atoms with E-state index in [0.29, 0.717) is 17.7 Å². The minimum absolute atomic E-state index is 0.344. The summed E-state index contributed by atoms with van der Waals surface area (Å²) in [6, 6.07) is 27.1. The van der Waals surface area contributed by atoms with Gasteiger partial charge in [-0.1, -0.05) is 60.7 Å².